The largest absolute Gasteiger partial charge is 0.363 e. The van der Waals surface area contributed by atoms with Gasteiger partial charge in [-0.2, -0.15) is 0 Å². The summed E-state index contributed by atoms with van der Waals surface area (Å²) in [5.74, 6) is 7.19. The number of aromatic nitrogens is 3. The van der Waals surface area contributed by atoms with Gasteiger partial charge in [-0.1, -0.05) is 13.8 Å². The van der Waals surface area contributed by atoms with Crippen LogP contribution in [0.2, 0.25) is 0 Å². The number of thiazole rings is 1. The molecule has 0 aliphatic rings. The van der Waals surface area contributed by atoms with Crippen LogP contribution in [0.15, 0.2) is 17.9 Å². The van der Waals surface area contributed by atoms with Crippen LogP contribution in [0.25, 0.3) is 0 Å². The standard InChI is InChI=1S/C11H16N6S/c1-7(2)9-10(15-6-16-11(9)17-12)14-5-8-13-3-4-18-8/h3-4,6-7H,5,12H2,1-2H3,(H2,14,15,16,17). The van der Waals surface area contributed by atoms with Crippen LogP contribution in [-0.4, -0.2) is 15.0 Å². The first kappa shape index (κ1) is 12.7. The predicted octanol–water partition coefficient (Wildman–Crippen LogP) is 1.95. The first-order valence-corrected chi connectivity index (χ1v) is 6.54. The van der Waals surface area contributed by atoms with Crippen molar-refractivity contribution in [3.05, 3.63) is 28.5 Å². The van der Waals surface area contributed by atoms with Crippen molar-refractivity contribution in [1.82, 2.24) is 15.0 Å². The normalized spacial score (nSPS) is 10.7. The minimum atomic E-state index is 0.274. The molecule has 0 aliphatic carbocycles. The lowest BCUT2D eigenvalue weighted by molar-refractivity contribution is 0.844. The molecule has 0 fully saturated rings. The number of nitrogens with zero attached hydrogens (tertiary/aromatic N) is 3. The Kier molecular flexibility index (Phi) is 4.06. The van der Waals surface area contributed by atoms with Crippen LogP contribution in [0.1, 0.15) is 30.3 Å². The van der Waals surface area contributed by atoms with Gasteiger partial charge >= 0.3 is 0 Å². The lowest BCUT2D eigenvalue weighted by Gasteiger charge is -2.15. The van der Waals surface area contributed by atoms with Gasteiger partial charge in [0, 0.05) is 17.1 Å². The third-order valence-electron chi connectivity index (χ3n) is 2.49. The highest BCUT2D eigenvalue weighted by Crippen LogP contribution is 2.27. The molecule has 0 aromatic carbocycles. The second-order valence-corrected chi connectivity index (χ2v) is 5.04. The Morgan fingerprint density at radius 1 is 1.28 bits per heavy atom. The highest BCUT2D eigenvalue weighted by atomic mass is 32.1. The van der Waals surface area contributed by atoms with E-state index in [2.05, 4.69) is 39.5 Å². The molecule has 96 valence electrons. The van der Waals surface area contributed by atoms with Gasteiger partial charge in [-0.3, -0.25) is 0 Å². The molecular weight excluding hydrogens is 248 g/mol. The summed E-state index contributed by atoms with van der Waals surface area (Å²) in [6, 6.07) is 0. The summed E-state index contributed by atoms with van der Waals surface area (Å²) >= 11 is 1.61. The maximum atomic E-state index is 5.47. The Balaban J connectivity index is 2.21. The molecule has 0 saturated heterocycles. The van der Waals surface area contributed by atoms with Crippen molar-refractivity contribution in [1.29, 1.82) is 0 Å². The van der Waals surface area contributed by atoms with Gasteiger partial charge in [-0.05, 0) is 5.92 Å². The monoisotopic (exact) mass is 264 g/mol. The van der Waals surface area contributed by atoms with Crippen molar-refractivity contribution in [3.63, 3.8) is 0 Å². The van der Waals surface area contributed by atoms with E-state index < -0.39 is 0 Å². The van der Waals surface area contributed by atoms with Gasteiger partial charge in [0.1, 0.15) is 23.0 Å². The van der Waals surface area contributed by atoms with Gasteiger partial charge in [0.25, 0.3) is 0 Å². The number of hydrogen-bond acceptors (Lipinski definition) is 7. The summed E-state index contributed by atoms with van der Waals surface area (Å²) in [6.45, 7) is 4.81. The number of nitrogens with two attached hydrogens (primary N) is 1. The number of nitrogen functional groups attached to an aromatic ring is 1. The summed E-state index contributed by atoms with van der Waals surface area (Å²) in [5.41, 5.74) is 3.59. The van der Waals surface area contributed by atoms with Crippen molar-refractivity contribution in [3.8, 4) is 0 Å². The van der Waals surface area contributed by atoms with Gasteiger partial charge in [0.05, 0.1) is 6.54 Å². The molecule has 2 rings (SSSR count). The highest BCUT2D eigenvalue weighted by molar-refractivity contribution is 7.09. The molecule has 2 aromatic rings. The number of nitrogens with one attached hydrogen (secondary N) is 2. The molecule has 6 nitrogen and oxygen atoms in total. The third kappa shape index (κ3) is 2.74. The zero-order chi connectivity index (χ0) is 13.0. The fourth-order valence-corrected chi connectivity index (χ4v) is 2.25. The average Bonchev–Trinajstić information content (AvgIpc) is 2.88. The smallest absolute Gasteiger partial charge is 0.148 e. The van der Waals surface area contributed by atoms with Gasteiger partial charge in [0.2, 0.25) is 0 Å². The molecule has 4 N–H and O–H groups in total. The third-order valence-corrected chi connectivity index (χ3v) is 3.27. The van der Waals surface area contributed by atoms with E-state index in [1.54, 1.807) is 17.5 Å². The van der Waals surface area contributed by atoms with E-state index in [1.807, 2.05) is 5.38 Å². The Bertz CT molecular complexity index is 496. The highest BCUT2D eigenvalue weighted by Gasteiger charge is 2.14. The van der Waals surface area contributed by atoms with Crippen molar-refractivity contribution in [2.75, 3.05) is 10.7 Å². The van der Waals surface area contributed by atoms with Crippen LogP contribution in [0.4, 0.5) is 11.6 Å². The lowest BCUT2D eigenvalue weighted by atomic mass is 10.0. The fraction of sp³-hybridized carbons (Fsp3) is 0.364. The molecule has 0 bridgehead atoms. The first-order chi connectivity index (χ1) is 8.72. The van der Waals surface area contributed by atoms with Crippen LogP contribution in [-0.2, 0) is 6.54 Å². The van der Waals surface area contributed by atoms with Crippen LogP contribution in [0, 0.1) is 0 Å². The first-order valence-electron chi connectivity index (χ1n) is 5.66. The molecule has 0 atom stereocenters. The number of hydrogen-bond donors (Lipinski definition) is 3. The maximum Gasteiger partial charge on any atom is 0.148 e. The minimum absolute atomic E-state index is 0.274. The molecule has 7 heteroatoms. The molecule has 2 aromatic heterocycles. The Labute approximate surface area is 110 Å². The molecule has 2 heterocycles. The van der Waals surface area contributed by atoms with E-state index in [1.165, 1.54) is 6.33 Å². The lowest BCUT2D eigenvalue weighted by Crippen LogP contribution is -2.15. The van der Waals surface area contributed by atoms with Gasteiger partial charge in [-0.25, -0.2) is 20.8 Å². The van der Waals surface area contributed by atoms with Crippen LogP contribution in [0.3, 0.4) is 0 Å². The second kappa shape index (κ2) is 5.74. The molecule has 0 amide bonds. The molecular formula is C11H16N6S. The quantitative estimate of drug-likeness (QED) is 0.565. The molecule has 0 radical (unpaired) electrons. The van der Waals surface area contributed by atoms with E-state index >= 15 is 0 Å². The van der Waals surface area contributed by atoms with Gasteiger partial charge < -0.3 is 10.7 Å². The van der Waals surface area contributed by atoms with Crippen molar-refractivity contribution in [2.24, 2.45) is 5.84 Å². The van der Waals surface area contributed by atoms with E-state index in [0.29, 0.717) is 12.4 Å². The van der Waals surface area contributed by atoms with Crippen molar-refractivity contribution >= 4 is 23.0 Å². The summed E-state index contributed by atoms with van der Waals surface area (Å²) < 4.78 is 0. The zero-order valence-corrected chi connectivity index (χ0v) is 11.2. The molecule has 0 spiro atoms. The zero-order valence-electron chi connectivity index (χ0n) is 10.3. The van der Waals surface area contributed by atoms with Gasteiger partial charge in [0.15, 0.2) is 0 Å². The van der Waals surface area contributed by atoms with Crippen molar-refractivity contribution < 1.29 is 0 Å². The second-order valence-electron chi connectivity index (χ2n) is 4.06. The summed E-state index contributed by atoms with van der Waals surface area (Å²) in [5, 5.41) is 6.24. The van der Waals surface area contributed by atoms with E-state index in [4.69, 9.17) is 5.84 Å². The van der Waals surface area contributed by atoms with Crippen LogP contribution in [0.5, 0.6) is 0 Å². The van der Waals surface area contributed by atoms with E-state index in [9.17, 15) is 0 Å². The van der Waals surface area contributed by atoms with E-state index in [0.717, 1.165) is 16.4 Å². The SMILES string of the molecule is CC(C)c1c(NN)ncnc1NCc1nccs1. The fourth-order valence-electron chi connectivity index (χ4n) is 1.70. The van der Waals surface area contributed by atoms with Crippen LogP contribution >= 0.6 is 11.3 Å². The summed E-state index contributed by atoms with van der Waals surface area (Å²) in [4.78, 5) is 12.6. The Morgan fingerprint density at radius 3 is 2.67 bits per heavy atom. The number of rotatable bonds is 5. The average molecular weight is 264 g/mol. The molecule has 0 unspecified atom stereocenters. The molecule has 18 heavy (non-hydrogen) atoms. The van der Waals surface area contributed by atoms with Crippen LogP contribution < -0.4 is 16.6 Å². The Hall–Kier alpha value is -1.73. The maximum absolute atomic E-state index is 5.47. The van der Waals surface area contributed by atoms with E-state index in [-0.39, 0.29) is 5.92 Å². The summed E-state index contributed by atoms with van der Waals surface area (Å²) in [7, 11) is 0. The topological polar surface area (TPSA) is 88.8 Å². The molecule has 0 aliphatic heterocycles. The molecule has 0 saturated carbocycles. The minimum Gasteiger partial charge on any atom is -0.363 e. The summed E-state index contributed by atoms with van der Waals surface area (Å²) in [6.07, 6.45) is 3.28. The predicted molar refractivity (Wildman–Crippen MR) is 73.4 cm³/mol. The number of hydrazine groups is 1. The van der Waals surface area contributed by atoms with Crippen molar-refractivity contribution in [2.45, 2.75) is 26.3 Å². The Morgan fingerprint density at radius 2 is 2.06 bits per heavy atom. The number of anilines is 2. The van der Waals surface area contributed by atoms with Gasteiger partial charge in [-0.15, -0.1) is 11.3 Å².